The van der Waals surface area contributed by atoms with Gasteiger partial charge in [-0.2, -0.15) is 13.2 Å². The van der Waals surface area contributed by atoms with E-state index in [2.05, 4.69) is 0 Å². The first-order chi connectivity index (χ1) is 8.46. The van der Waals surface area contributed by atoms with Gasteiger partial charge in [-0.15, -0.1) is 0 Å². The summed E-state index contributed by atoms with van der Waals surface area (Å²) in [4.78, 5) is 0.0814. The highest BCUT2D eigenvalue weighted by Crippen LogP contribution is 2.37. The summed E-state index contributed by atoms with van der Waals surface area (Å²) < 4.78 is 41.4. The second-order valence-corrected chi connectivity index (χ2v) is 4.67. The van der Waals surface area contributed by atoms with Crippen molar-refractivity contribution in [1.29, 1.82) is 0 Å². The van der Waals surface area contributed by atoms with Crippen molar-refractivity contribution in [3.05, 3.63) is 54.0 Å². The Kier molecular flexibility index (Phi) is 3.68. The van der Waals surface area contributed by atoms with Crippen molar-refractivity contribution in [2.24, 2.45) is 0 Å². The van der Waals surface area contributed by atoms with Gasteiger partial charge in [0.15, 0.2) is 0 Å². The van der Waals surface area contributed by atoms with Gasteiger partial charge < -0.3 is 9.52 Å². The quantitative estimate of drug-likeness (QED) is 0.860. The molecule has 1 heterocycles. The number of alkyl halides is 3. The number of aliphatic hydroxyl groups excluding tert-OH is 1. The summed E-state index contributed by atoms with van der Waals surface area (Å²) in [5, 5.41) is 9.88. The molecule has 1 atom stereocenters. The van der Waals surface area contributed by atoms with E-state index in [1.165, 1.54) is 30.5 Å². The third-order valence-corrected chi connectivity index (χ3v) is 2.98. The van der Waals surface area contributed by atoms with Gasteiger partial charge in [0, 0.05) is 4.90 Å². The molecule has 1 N–H and O–H groups in total. The fourth-order valence-corrected chi connectivity index (χ4v) is 2.00. The highest BCUT2D eigenvalue weighted by Gasteiger charge is 2.29. The van der Waals surface area contributed by atoms with Crippen LogP contribution < -0.4 is 0 Å². The molecule has 0 aliphatic rings. The third-order valence-electron chi connectivity index (χ3n) is 2.24. The smallest absolute Gasteiger partial charge is 0.446 e. The number of furan rings is 1. The van der Waals surface area contributed by atoms with E-state index in [9.17, 15) is 18.3 Å². The first kappa shape index (κ1) is 13.0. The molecule has 2 rings (SSSR count). The number of hydrogen-bond acceptors (Lipinski definition) is 3. The van der Waals surface area contributed by atoms with Crippen LogP contribution in [-0.2, 0) is 0 Å². The van der Waals surface area contributed by atoms with Crippen molar-refractivity contribution in [3.8, 4) is 0 Å². The van der Waals surface area contributed by atoms with Gasteiger partial charge in [-0.25, -0.2) is 0 Å². The van der Waals surface area contributed by atoms with Gasteiger partial charge in [-0.3, -0.25) is 0 Å². The van der Waals surface area contributed by atoms with Gasteiger partial charge in [0.25, 0.3) is 0 Å². The topological polar surface area (TPSA) is 33.4 Å². The molecule has 1 unspecified atom stereocenters. The maximum atomic E-state index is 12.1. The van der Waals surface area contributed by atoms with Crippen LogP contribution in [0.25, 0.3) is 0 Å². The zero-order valence-electron chi connectivity index (χ0n) is 9.02. The van der Waals surface area contributed by atoms with Crippen LogP contribution in [-0.4, -0.2) is 10.6 Å². The molecule has 0 aliphatic carbocycles. The lowest BCUT2D eigenvalue weighted by atomic mass is 10.1. The van der Waals surface area contributed by atoms with Crippen LogP contribution >= 0.6 is 11.8 Å². The van der Waals surface area contributed by atoms with Gasteiger partial charge in [0.1, 0.15) is 11.9 Å². The van der Waals surface area contributed by atoms with Crippen molar-refractivity contribution >= 4 is 11.8 Å². The van der Waals surface area contributed by atoms with E-state index in [1.54, 1.807) is 12.1 Å². The van der Waals surface area contributed by atoms with E-state index in [0.29, 0.717) is 11.3 Å². The second-order valence-electron chi connectivity index (χ2n) is 3.53. The SMILES string of the molecule is OC(c1ccc(SC(F)(F)F)cc1)c1ccco1. The van der Waals surface area contributed by atoms with Crippen LogP contribution in [0.15, 0.2) is 52.0 Å². The Morgan fingerprint density at radius 1 is 1.11 bits per heavy atom. The minimum atomic E-state index is -4.30. The lowest BCUT2D eigenvalue weighted by Gasteiger charge is -2.09. The molecular weight excluding hydrogens is 265 g/mol. The molecular formula is C12H9F3O2S. The third kappa shape index (κ3) is 3.30. The molecule has 0 bridgehead atoms. The van der Waals surface area contributed by atoms with Crippen LogP contribution in [0.3, 0.4) is 0 Å². The summed E-state index contributed by atoms with van der Waals surface area (Å²) in [6.07, 6.45) is 0.455. The fraction of sp³-hybridized carbons (Fsp3) is 0.167. The largest absolute Gasteiger partial charge is 0.466 e. The van der Waals surface area contributed by atoms with E-state index in [1.807, 2.05) is 0 Å². The lowest BCUT2D eigenvalue weighted by molar-refractivity contribution is -0.0328. The Bertz CT molecular complexity index is 491. The van der Waals surface area contributed by atoms with Crippen LogP contribution in [0.2, 0.25) is 0 Å². The van der Waals surface area contributed by atoms with Crippen LogP contribution in [0, 0.1) is 0 Å². The number of thioether (sulfide) groups is 1. The molecule has 0 amide bonds. The zero-order chi connectivity index (χ0) is 13.2. The van der Waals surface area contributed by atoms with Crippen LogP contribution in [0.4, 0.5) is 13.2 Å². The molecule has 0 saturated heterocycles. The molecule has 96 valence electrons. The first-order valence-electron chi connectivity index (χ1n) is 5.03. The Morgan fingerprint density at radius 3 is 2.28 bits per heavy atom. The summed E-state index contributed by atoms with van der Waals surface area (Å²) in [5.41, 5.74) is -3.82. The van der Waals surface area contributed by atoms with Gasteiger partial charge >= 0.3 is 5.51 Å². The van der Waals surface area contributed by atoms with Gasteiger partial charge in [0.2, 0.25) is 0 Å². The van der Waals surface area contributed by atoms with E-state index in [4.69, 9.17) is 4.42 Å². The maximum absolute atomic E-state index is 12.1. The predicted octanol–water partition coefficient (Wildman–Crippen LogP) is 3.97. The molecule has 0 saturated carbocycles. The summed E-state index contributed by atoms with van der Waals surface area (Å²) in [6, 6.07) is 8.76. The molecule has 0 radical (unpaired) electrons. The van der Waals surface area contributed by atoms with Gasteiger partial charge in [-0.05, 0) is 41.6 Å². The Balaban J connectivity index is 2.13. The van der Waals surface area contributed by atoms with Crippen LogP contribution in [0.5, 0.6) is 0 Å². The van der Waals surface area contributed by atoms with E-state index >= 15 is 0 Å². The van der Waals surface area contributed by atoms with E-state index < -0.39 is 11.6 Å². The molecule has 1 aromatic heterocycles. The number of hydrogen-bond donors (Lipinski definition) is 1. The normalized spacial score (nSPS) is 13.6. The first-order valence-corrected chi connectivity index (χ1v) is 5.84. The number of aliphatic hydroxyl groups is 1. The Labute approximate surface area is 105 Å². The summed E-state index contributed by atoms with van der Waals surface area (Å²) in [6.45, 7) is 0. The zero-order valence-corrected chi connectivity index (χ0v) is 9.83. The second kappa shape index (κ2) is 5.07. The molecule has 0 spiro atoms. The monoisotopic (exact) mass is 274 g/mol. The molecule has 6 heteroatoms. The average Bonchev–Trinajstić information content (AvgIpc) is 2.80. The number of benzene rings is 1. The highest BCUT2D eigenvalue weighted by atomic mass is 32.2. The minimum absolute atomic E-state index is 0.0814. The number of halogens is 3. The van der Waals surface area contributed by atoms with Crippen molar-refractivity contribution in [3.63, 3.8) is 0 Å². The molecule has 1 aromatic carbocycles. The highest BCUT2D eigenvalue weighted by molar-refractivity contribution is 8.00. The summed E-state index contributed by atoms with van der Waals surface area (Å²) >= 11 is -0.186. The molecule has 2 aromatic rings. The van der Waals surface area contributed by atoms with Crippen LogP contribution in [0.1, 0.15) is 17.4 Å². The number of rotatable bonds is 3. The Morgan fingerprint density at radius 2 is 1.78 bits per heavy atom. The van der Waals surface area contributed by atoms with E-state index in [-0.39, 0.29) is 16.7 Å². The standard InChI is InChI=1S/C12H9F3O2S/c13-12(14,15)18-9-5-3-8(4-6-9)11(16)10-2-1-7-17-10/h1-7,11,16H. The molecule has 18 heavy (non-hydrogen) atoms. The van der Waals surface area contributed by atoms with E-state index in [0.717, 1.165) is 0 Å². The van der Waals surface area contributed by atoms with Gasteiger partial charge in [0.05, 0.1) is 6.26 Å². The summed E-state index contributed by atoms with van der Waals surface area (Å²) in [7, 11) is 0. The van der Waals surface area contributed by atoms with Crippen molar-refractivity contribution in [1.82, 2.24) is 0 Å². The Hall–Kier alpha value is -1.40. The van der Waals surface area contributed by atoms with Crippen molar-refractivity contribution < 1.29 is 22.7 Å². The lowest BCUT2D eigenvalue weighted by Crippen LogP contribution is -2.00. The van der Waals surface area contributed by atoms with Gasteiger partial charge in [-0.1, -0.05) is 12.1 Å². The van der Waals surface area contributed by atoms with Crippen molar-refractivity contribution in [2.45, 2.75) is 16.5 Å². The van der Waals surface area contributed by atoms with Crippen molar-refractivity contribution in [2.75, 3.05) is 0 Å². The maximum Gasteiger partial charge on any atom is 0.446 e. The minimum Gasteiger partial charge on any atom is -0.466 e. The fourth-order valence-electron chi connectivity index (χ4n) is 1.46. The summed E-state index contributed by atoms with van der Waals surface area (Å²) in [5.74, 6) is 0.353. The molecule has 2 nitrogen and oxygen atoms in total. The average molecular weight is 274 g/mol. The molecule has 0 aliphatic heterocycles. The predicted molar refractivity (Wildman–Crippen MR) is 61.1 cm³/mol. The molecule has 0 fully saturated rings.